The summed E-state index contributed by atoms with van der Waals surface area (Å²) in [5.41, 5.74) is 7.26. The van der Waals surface area contributed by atoms with Crippen molar-refractivity contribution in [1.82, 2.24) is 4.90 Å². The van der Waals surface area contributed by atoms with Crippen molar-refractivity contribution in [3.05, 3.63) is 59.4 Å². The van der Waals surface area contributed by atoms with Gasteiger partial charge in [-0.05, 0) is 11.6 Å². The molecule has 2 aromatic rings. The van der Waals surface area contributed by atoms with Gasteiger partial charge < -0.3 is 20.1 Å². The fourth-order valence-corrected chi connectivity index (χ4v) is 3.24. The van der Waals surface area contributed by atoms with Crippen molar-refractivity contribution < 1.29 is 18.7 Å². The fourth-order valence-electron chi connectivity index (χ4n) is 3.24. The molecule has 0 aromatic heterocycles. The number of carbonyl (C=O) groups excluding carboxylic acids is 1. The van der Waals surface area contributed by atoms with Gasteiger partial charge in [0.2, 0.25) is 0 Å². The van der Waals surface area contributed by atoms with Gasteiger partial charge in [-0.15, -0.1) is 0 Å². The number of amides is 1. The first-order valence-corrected chi connectivity index (χ1v) is 8.06. The standard InChI is InChI=1S/C19H21FN2O3/c1-24-17-8-13(15(20)9-18(17)25-2)19(23)22-10-14(16(21)11-22)12-6-4-3-5-7-12/h3-9,14,16H,10-11,21H2,1-2H3/t14-,16+/m0/s1. The van der Waals surface area contributed by atoms with Crippen molar-refractivity contribution >= 4 is 5.91 Å². The number of hydrogen-bond acceptors (Lipinski definition) is 4. The smallest absolute Gasteiger partial charge is 0.257 e. The van der Waals surface area contributed by atoms with Gasteiger partial charge in [0.15, 0.2) is 11.5 Å². The van der Waals surface area contributed by atoms with Crippen molar-refractivity contribution in [1.29, 1.82) is 0 Å². The summed E-state index contributed by atoms with van der Waals surface area (Å²) in [5.74, 6) is -0.438. The largest absolute Gasteiger partial charge is 0.493 e. The molecule has 5 nitrogen and oxygen atoms in total. The average Bonchev–Trinajstić information content (AvgIpc) is 3.03. The first kappa shape index (κ1) is 17.2. The molecule has 0 radical (unpaired) electrons. The molecule has 1 fully saturated rings. The van der Waals surface area contributed by atoms with E-state index in [9.17, 15) is 9.18 Å². The quantitative estimate of drug-likeness (QED) is 0.925. The number of likely N-dealkylation sites (tertiary alicyclic amines) is 1. The number of halogens is 1. The molecule has 1 heterocycles. The highest BCUT2D eigenvalue weighted by atomic mass is 19.1. The highest BCUT2D eigenvalue weighted by Gasteiger charge is 2.35. The van der Waals surface area contributed by atoms with Crippen molar-refractivity contribution in [3.8, 4) is 11.5 Å². The molecular weight excluding hydrogens is 323 g/mol. The van der Waals surface area contributed by atoms with Gasteiger partial charge in [-0.1, -0.05) is 30.3 Å². The normalized spacial score (nSPS) is 19.8. The summed E-state index contributed by atoms with van der Waals surface area (Å²) >= 11 is 0. The molecule has 0 aliphatic carbocycles. The Morgan fingerprint density at radius 1 is 1.12 bits per heavy atom. The van der Waals surface area contributed by atoms with E-state index in [-0.39, 0.29) is 23.3 Å². The van der Waals surface area contributed by atoms with Crippen molar-refractivity contribution in [2.75, 3.05) is 27.3 Å². The third kappa shape index (κ3) is 3.30. The topological polar surface area (TPSA) is 64.8 Å². The summed E-state index contributed by atoms with van der Waals surface area (Å²) in [7, 11) is 2.87. The van der Waals surface area contributed by atoms with Crippen molar-refractivity contribution in [2.24, 2.45) is 5.73 Å². The molecule has 1 saturated heterocycles. The number of nitrogens with two attached hydrogens (primary N) is 1. The number of ether oxygens (including phenoxy) is 2. The van der Waals surface area contributed by atoms with Crippen molar-refractivity contribution in [3.63, 3.8) is 0 Å². The zero-order chi connectivity index (χ0) is 18.0. The predicted molar refractivity (Wildman–Crippen MR) is 92.6 cm³/mol. The average molecular weight is 344 g/mol. The minimum Gasteiger partial charge on any atom is -0.493 e. The minimum absolute atomic E-state index is 0.0355. The zero-order valence-electron chi connectivity index (χ0n) is 14.2. The molecule has 0 unspecified atom stereocenters. The van der Waals surface area contributed by atoms with Crippen LogP contribution in [0.3, 0.4) is 0 Å². The van der Waals surface area contributed by atoms with Crippen LogP contribution in [-0.4, -0.2) is 44.2 Å². The molecule has 1 amide bonds. The third-order valence-corrected chi connectivity index (χ3v) is 4.58. The summed E-state index contributed by atoms with van der Waals surface area (Å²) in [6, 6.07) is 12.2. The molecule has 0 bridgehead atoms. The van der Waals surface area contributed by atoms with Gasteiger partial charge in [0.1, 0.15) is 5.82 Å². The first-order valence-electron chi connectivity index (χ1n) is 8.06. The molecule has 2 N–H and O–H groups in total. The minimum atomic E-state index is -0.639. The maximum absolute atomic E-state index is 14.4. The van der Waals surface area contributed by atoms with E-state index in [1.165, 1.54) is 20.3 Å². The second kappa shape index (κ2) is 7.11. The van der Waals surface area contributed by atoms with Crippen LogP contribution in [0, 0.1) is 5.82 Å². The molecular formula is C19H21FN2O3. The van der Waals surface area contributed by atoms with E-state index in [2.05, 4.69) is 0 Å². The SMILES string of the molecule is COc1cc(F)c(C(=O)N2C[C@@H](N)[C@H](c3ccccc3)C2)cc1OC. The van der Waals surface area contributed by atoms with Gasteiger partial charge in [0.05, 0.1) is 19.8 Å². The Morgan fingerprint density at radius 3 is 2.40 bits per heavy atom. The van der Waals surface area contributed by atoms with E-state index in [1.807, 2.05) is 30.3 Å². The van der Waals surface area contributed by atoms with Crippen LogP contribution in [-0.2, 0) is 0 Å². The predicted octanol–water partition coefficient (Wildman–Crippen LogP) is 2.41. The number of carbonyl (C=O) groups is 1. The van der Waals surface area contributed by atoms with Gasteiger partial charge in [-0.25, -0.2) is 4.39 Å². The molecule has 2 atom stereocenters. The van der Waals surface area contributed by atoms with Crippen LogP contribution in [0.15, 0.2) is 42.5 Å². The summed E-state index contributed by atoms with van der Waals surface area (Å²) in [4.78, 5) is 14.4. The lowest BCUT2D eigenvalue weighted by atomic mass is 9.95. The highest BCUT2D eigenvalue weighted by Crippen LogP contribution is 2.32. The summed E-state index contributed by atoms with van der Waals surface area (Å²) in [6.07, 6.45) is 0. The molecule has 25 heavy (non-hydrogen) atoms. The van der Waals surface area contributed by atoms with E-state index in [4.69, 9.17) is 15.2 Å². The Bertz CT molecular complexity index is 767. The highest BCUT2D eigenvalue weighted by molar-refractivity contribution is 5.95. The van der Waals surface area contributed by atoms with E-state index in [0.717, 1.165) is 11.6 Å². The Morgan fingerprint density at radius 2 is 1.76 bits per heavy atom. The van der Waals surface area contributed by atoms with Crippen LogP contribution in [0.4, 0.5) is 4.39 Å². The second-order valence-corrected chi connectivity index (χ2v) is 6.08. The van der Waals surface area contributed by atoms with Crippen molar-refractivity contribution in [2.45, 2.75) is 12.0 Å². The molecule has 132 valence electrons. The van der Waals surface area contributed by atoms with E-state index in [0.29, 0.717) is 18.8 Å². The van der Waals surface area contributed by atoms with E-state index < -0.39 is 11.7 Å². The zero-order valence-corrected chi connectivity index (χ0v) is 14.2. The van der Waals surface area contributed by atoms with Crippen LogP contribution in [0.2, 0.25) is 0 Å². The van der Waals surface area contributed by atoms with Gasteiger partial charge in [0, 0.05) is 31.1 Å². The molecule has 1 aliphatic rings. The van der Waals surface area contributed by atoms with Crippen LogP contribution in [0.25, 0.3) is 0 Å². The summed E-state index contributed by atoms with van der Waals surface area (Å²) in [6.45, 7) is 0.837. The van der Waals surface area contributed by atoms with Crippen LogP contribution >= 0.6 is 0 Å². The summed E-state index contributed by atoms with van der Waals surface area (Å²) in [5, 5.41) is 0. The molecule has 0 spiro atoms. The van der Waals surface area contributed by atoms with Gasteiger partial charge in [0.25, 0.3) is 5.91 Å². The Balaban J connectivity index is 1.85. The number of nitrogens with zero attached hydrogens (tertiary/aromatic N) is 1. The lowest BCUT2D eigenvalue weighted by Crippen LogP contribution is -2.32. The molecule has 2 aromatic carbocycles. The Hall–Kier alpha value is -2.60. The first-order chi connectivity index (χ1) is 12.0. The van der Waals surface area contributed by atoms with E-state index in [1.54, 1.807) is 4.90 Å². The van der Waals surface area contributed by atoms with Gasteiger partial charge >= 0.3 is 0 Å². The van der Waals surface area contributed by atoms with E-state index >= 15 is 0 Å². The Labute approximate surface area is 146 Å². The fraction of sp³-hybridized carbons (Fsp3) is 0.316. The van der Waals surface area contributed by atoms with Gasteiger partial charge in [-0.3, -0.25) is 4.79 Å². The molecule has 0 saturated carbocycles. The number of rotatable bonds is 4. The van der Waals surface area contributed by atoms with Crippen LogP contribution in [0.5, 0.6) is 11.5 Å². The lowest BCUT2D eigenvalue weighted by molar-refractivity contribution is 0.0784. The second-order valence-electron chi connectivity index (χ2n) is 6.08. The van der Waals surface area contributed by atoms with Crippen LogP contribution < -0.4 is 15.2 Å². The lowest BCUT2D eigenvalue weighted by Gasteiger charge is -2.18. The Kier molecular flexibility index (Phi) is 4.90. The number of hydrogen-bond donors (Lipinski definition) is 1. The number of benzene rings is 2. The summed E-state index contributed by atoms with van der Waals surface area (Å²) < 4.78 is 24.6. The number of methoxy groups -OCH3 is 2. The maximum Gasteiger partial charge on any atom is 0.257 e. The molecule has 6 heteroatoms. The molecule has 1 aliphatic heterocycles. The molecule has 3 rings (SSSR count). The maximum atomic E-state index is 14.4. The van der Waals surface area contributed by atoms with Crippen LogP contribution in [0.1, 0.15) is 21.8 Å². The monoisotopic (exact) mass is 344 g/mol. The third-order valence-electron chi connectivity index (χ3n) is 4.58. The van der Waals surface area contributed by atoms with Gasteiger partial charge in [-0.2, -0.15) is 0 Å².